The van der Waals surface area contributed by atoms with E-state index in [0.29, 0.717) is 39.1 Å². The van der Waals surface area contributed by atoms with E-state index >= 15 is 0 Å². The van der Waals surface area contributed by atoms with Crippen molar-refractivity contribution in [1.29, 1.82) is 0 Å². The number of aromatic nitrogens is 4. The summed E-state index contributed by atoms with van der Waals surface area (Å²) in [5, 5.41) is 11.4. The van der Waals surface area contributed by atoms with E-state index in [-0.39, 0.29) is 11.8 Å². The fourth-order valence-electron chi connectivity index (χ4n) is 4.39. The first-order valence-electron chi connectivity index (χ1n) is 11.3. The van der Waals surface area contributed by atoms with E-state index in [9.17, 15) is 9.59 Å². The second-order valence-corrected chi connectivity index (χ2v) is 8.39. The van der Waals surface area contributed by atoms with Crippen LogP contribution in [0.15, 0.2) is 36.7 Å². The van der Waals surface area contributed by atoms with Crippen LogP contribution in [0.3, 0.4) is 0 Å². The SMILES string of the molecule is O=C(CN1CCN(C(=O)C(Cc2ccccc2)n2cnnn2)CC1)N1CCCCCC1. The average molecular weight is 426 g/mol. The zero-order chi connectivity index (χ0) is 21.5. The van der Waals surface area contributed by atoms with Crippen LogP contribution in [-0.2, 0) is 16.0 Å². The molecule has 9 heteroatoms. The van der Waals surface area contributed by atoms with Gasteiger partial charge in [0.05, 0.1) is 6.54 Å². The number of tetrazole rings is 1. The summed E-state index contributed by atoms with van der Waals surface area (Å²) in [6.45, 7) is 4.84. The van der Waals surface area contributed by atoms with Crippen LogP contribution in [0.25, 0.3) is 0 Å². The van der Waals surface area contributed by atoms with Crippen LogP contribution >= 0.6 is 0 Å². The lowest BCUT2D eigenvalue weighted by Crippen LogP contribution is -2.53. The van der Waals surface area contributed by atoms with Crippen molar-refractivity contribution in [3.05, 3.63) is 42.2 Å². The monoisotopic (exact) mass is 425 g/mol. The summed E-state index contributed by atoms with van der Waals surface area (Å²) < 4.78 is 1.55. The molecule has 1 aromatic carbocycles. The Kier molecular flexibility index (Phi) is 7.24. The Hall–Kier alpha value is -2.81. The van der Waals surface area contributed by atoms with Gasteiger partial charge in [-0.3, -0.25) is 14.5 Å². The summed E-state index contributed by atoms with van der Waals surface area (Å²) >= 11 is 0. The first-order valence-corrected chi connectivity index (χ1v) is 11.3. The summed E-state index contributed by atoms with van der Waals surface area (Å²) in [7, 11) is 0. The van der Waals surface area contributed by atoms with Crippen molar-refractivity contribution in [3.63, 3.8) is 0 Å². The second-order valence-electron chi connectivity index (χ2n) is 8.39. The predicted molar refractivity (Wildman–Crippen MR) is 115 cm³/mol. The molecule has 2 aliphatic heterocycles. The van der Waals surface area contributed by atoms with Gasteiger partial charge < -0.3 is 9.80 Å². The third-order valence-corrected chi connectivity index (χ3v) is 6.24. The van der Waals surface area contributed by atoms with Gasteiger partial charge in [0.1, 0.15) is 12.4 Å². The summed E-state index contributed by atoms with van der Waals surface area (Å²) in [6.07, 6.45) is 6.69. The van der Waals surface area contributed by atoms with E-state index in [0.717, 1.165) is 31.5 Å². The Morgan fingerprint density at radius 2 is 1.58 bits per heavy atom. The summed E-state index contributed by atoms with van der Waals surface area (Å²) in [5.74, 6) is 0.243. The van der Waals surface area contributed by atoms with Crippen LogP contribution in [0.2, 0.25) is 0 Å². The second kappa shape index (κ2) is 10.5. The summed E-state index contributed by atoms with van der Waals surface area (Å²) in [5.41, 5.74) is 1.07. The molecular formula is C22H31N7O2. The smallest absolute Gasteiger partial charge is 0.248 e. The maximum absolute atomic E-state index is 13.3. The molecule has 3 heterocycles. The first-order chi connectivity index (χ1) is 15.2. The van der Waals surface area contributed by atoms with E-state index in [1.54, 1.807) is 4.68 Å². The molecule has 0 bridgehead atoms. The topological polar surface area (TPSA) is 87.5 Å². The normalized spacial score (nSPS) is 19.1. The molecule has 0 saturated carbocycles. The lowest BCUT2D eigenvalue weighted by molar-refractivity contribution is -0.138. The highest BCUT2D eigenvalue weighted by Gasteiger charge is 2.30. The highest BCUT2D eigenvalue weighted by Crippen LogP contribution is 2.18. The van der Waals surface area contributed by atoms with Gasteiger partial charge >= 0.3 is 0 Å². The number of nitrogens with zero attached hydrogens (tertiary/aromatic N) is 7. The number of likely N-dealkylation sites (tertiary alicyclic amines) is 1. The molecule has 1 aromatic heterocycles. The molecule has 2 aliphatic rings. The van der Waals surface area contributed by atoms with Crippen LogP contribution < -0.4 is 0 Å². The minimum Gasteiger partial charge on any atom is -0.342 e. The molecule has 9 nitrogen and oxygen atoms in total. The van der Waals surface area contributed by atoms with Crippen molar-refractivity contribution in [2.24, 2.45) is 0 Å². The fraction of sp³-hybridized carbons (Fsp3) is 0.591. The molecule has 0 aliphatic carbocycles. The molecule has 0 spiro atoms. The number of carbonyl (C=O) groups is 2. The Balaban J connectivity index is 1.33. The molecule has 4 rings (SSSR count). The minimum atomic E-state index is -0.470. The lowest BCUT2D eigenvalue weighted by atomic mass is 10.0. The van der Waals surface area contributed by atoms with Crippen LogP contribution in [0.1, 0.15) is 37.3 Å². The molecule has 1 atom stereocenters. The van der Waals surface area contributed by atoms with Gasteiger partial charge in [0.25, 0.3) is 0 Å². The van der Waals surface area contributed by atoms with E-state index in [2.05, 4.69) is 20.4 Å². The van der Waals surface area contributed by atoms with Gasteiger partial charge in [-0.05, 0) is 28.8 Å². The van der Waals surface area contributed by atoms with Gasteiger partial charge in [0.15, 0.2) is 0 Å². The summed E-state index contributed by atoms with van der Waals surface area (Å²) in [4.78, 5) is 32.1. The van der Waals surface area contributed by atoms with Crippen molar-refractivity contribution in [2.45, 2.75) is 38.1 Å². The molecule has 2 aromatic rings. The van der Waals surface area contributed by atoms with E-state index in [4.69, 9.17) is 0 Å². The van der Waals surface area contributed by atoms with Crippen LogP contribution in [0.4, 0.5) is 0 Å². The molecule has 1 unspecified atom stereocenters. The Bertz CT molecular complexity index is 827. The molecule has 0 N–H and O–H groups in total. The average Bonchev–Trinajstić information content (AvgIpc) is 3.19. The maximum Gasteiger partial charge on any atom is 0.248 e. The molecule has 0 radical (unpaired) electrons. The van der Waals surface area contributed by atoms with Crippen molar-refractivity contribution in [2.75, 3.05) is 45.8 Å². The zero-order valence-corrected chi connectivity index (χ0v) is 18.0. The van der Waals surface area contributed by atoms with E-state index in [1.807, 2.05) is 40.1 Å². The number of benzene rings is 1. The summed E-state index contributed by atoms with van der Waals surface area (Å²) in [6, 6.07) is 9.45. The number of amides is 2. The molecule has 2 saturated heterocycles. The molecule has 2 fully saturated rings. The molecular weight excluding hydrogens is 394 g/mol. The van der Waals surface area contributed by atoms with Crippen LogP contribution in [-0.4, -0.2) is 92.5 Å². The molecule has 166 valence electrons. The predicted octanol–water partition coefficient (Wildman–Crippen LogP) is 1.00. The lowest BCUT2D eigenvalue weighted by Gasteiger charge is -2.36. The van der Waals surface area contributed by atoms with Gasteiger partial charge in [-0.15, -0.1) is 5.10 Å². The molecule has 2 amide bonds. The van der Waals surface area contributed by atoms with Crippen molar-refractivity contribution in [3.8, 4) is 0 Å². The maximum atomic E-state index is 13.3. The highest BCUT2D eigenvalue weighted by atomic mass is 16.2. The third-order valence-electron chi connectivity index (χ3n) is 6.24. The van der Waals surface area contributed by atoms with Crippen molar-refractivity contribution in [1.82, 2.24) is 34.9 Å². The quantitative estimate of drug-likeness (QED) is 0.686. The number of hydrogen-bond donors (Lipinski definition) is 0. The van der Waals surface area contributed by atoms with Gasteiger partial charge in [-0.25, -0.2) is 4.68 Å². The Morgan fingerprint density at radius 1 is 0.871 bits per heavy atom. The van der Waals surface area contributed by atoms with Gasteiger partial charge in [0.2, 0.25) is 11.8 Å². The van der Waals surface area contributed by atoms with E-state index in [1.165, 1.54) is 19.2 Å². The highest BCUT2D eigenvalue weighted by molar-refractivity contribution is 5.81. The largest absolute Gasteiger partial charge is 0.342 e. The van der Waals surface area contributed by atoms with E-state index < -0.39 is 6.04 Å². The van der Waals surface area contributed by atoms with Crippen LogP contribution in [0, 0.1) is 0 Å². The first kappa shape index (κ1) is 21.4. The fourth-order valence-corrected chi connectivity index (χ4v) is 4.39. The third kappa shape index (κ3) is 5.66. The van der Waals surface area contributed by atoms with Crippen LogP contribution in [0.5, 0.6) is 0 Å². The number of carbonyl (C=O) groups excluding carboxylic acids is 2. The van der Waals surface area contributed by atoms with Gasteiger partial charge in [0, 0.05) is 45.7 Å². The zero-order valence-electron chi connectivity index (χ0n) is 18.0. The standard InChI is InChI=1S/C22H31N7O2/c30-21(27-10-6-1-2-7-11-27)17-26-12-14-28(15-13-26)22(31)20(29-18-23-24-25-29)16-19-8-4-3-5-9-19/h3-5,8-9,18,20H,1-2,6-7,10-17H2. The van der Waals surface area contributed by atoms with Gasteiger partial charge in [-0.2, -0.15) is 0 Å². The Labute approximate surface area is 183 Å². The van der Waals surface area contributed by atoms with Crippen molar-refractivity contribution < 1.29 is 9.59 Å². The number of piperazine rings is 1. The molecule has 31 heavy (non-hydrogen) atoms. The number of hydrogen-bond acceptors (Lipinski definition) is 6. The minimum absolute atomic E-state index is 0.0228. The van der Waals surface area contributed by atoms with Gasteiger partial charge in [-0.1, -0.05) is 43.2 Å². The number of rotatable bonds is 6. The Morgan fingerprint density at radius 3 is 2.23 bits per heavy atom. The van der Waals surface area contributed by atoms with Crippen molar-refractivity contribution >= 4 is 11.8 Å².